The van der Waals surface area contributed by atoms with Gasteiger partial charge in [-0.2, -0.15) is 0 Å². The van der Waals surface area contributed by atoms with Crippen LogP contribution in [0.15, 0.2) is 83.8 Å². The van der Waals surface area contributed by atoms with Crippen LogP contribution >= 0.6 is 24.0 Å². The van der Waals surface area contributed by atoms with E-state index < -0.39 is 0 Å². The first-order chi connectivity index (χ1) is 16.1. The number of nitrogens with zero attached hydrogens (tertiary/aromatic N) is 1. The van der Waals surface area contributed by atoms with Crippen LogP contribution in [0.4, 0.5) is 11.4 Å². The van der Waals surface area contributed by atoms with Gasteiger partial charge in [0.25, 0.3) is 0 Å². The molecule has 1 fully saturated rings. The van der Waals surface area contributed by atoms with Crippen molar-refractivity contribution in [3.63, 3.8) is 0 Å². The molecular weight excluding hydrogens is 442 g/mol. The minimum atomic E-state index is 0.140. The average molecular weight is 476 g/mol. The second-order valence-electron chi connectivity index (χ2n) is 8.90. The van der Waals surface area contributed by atoms with E-state index in [2.05, 4.69) is 102 Å². The molecule has 0 amide bonds. The Bertz CT molecular complexity index is 1020. The highest BCUT2D eigenvalue weighted by Crippen LogP contribution is 2.25. The number of piperidine rings is 1. The molecule has 1 heterocycles. The van der Waals surface area contributed by atoms with Crippen LogP contribution in [0.3, 0.4) is 0 Å². The second-order valence-corrected chi connectivity index (χ2v) is 10.4. The van der Waals surface area contributed by atoms with Crippen molar-refractivity contribution in [2.75, 3.05) is 23.3 Å². The predicted molar refractivity (Wildman–Crippen MR) is 147 cm³/mol. The van der Waals surface area contributed by atoms with Gasteiger partial charge in [-0.15, -0.1) is 11.8 Å². The van der Waals surface area contributed by atoms with Gasteiger partial charge in [0.15, 0.2) is 5.11 Å². The molecule has 172 valence electrons. The van der Waals surface area contributed by atoms with E-state index in [1.165, 1.54) is 34.6 Å². The number of rotatable bonds is 7. The number of thioether (sulfide) groups is 1. The molecule has 1 aliphatic heterocycles. The van der Waals surface area contributed by atoms with Gasteiger partial charge in [-0.25, -0.2) is 0 Å². The molecule has 33 heavy (non-hydrogen) atoms. The van der Waals surface area contributed by atoms with Crippen LogP contribution in [-0.4, -0.2) is 18.2 Å². The molecule has 4 rings (SSSR count). The Labute approximate surface area is 208 Å². The van der Waals surface area contributed by atoms with Crippen molar-refractivity contribution < 1.29 is 0 Å². The molecule has 5 heteroatoms. The van der Waals surface area contributed by atoms with Gasteiger partial charge in [0.05, 0.1) is 6.04 Å². The van der Waals surface area contributed by atoms with Crippen LogP contribution < -0.4 is 15.5 Å². The van der Waals surface area contributed by atoms with Gasteiger partial charge in [-0.1, -0.05) is 49.4 Å². The lowest BCUT2D eigenvalue weighted by Crippen LogP contribution is -2.34. The van der Waals surface area contributed by atoms with E-state index in [1.54, 1.807) is 0 Å². The van der Waals surface area contributed by atoms with Gasteiger partial charge in [-0.05, 0) is 85.4 Å². The number of hydrogen-bond donors (Lipinski definition) is 2. The Balaban J connectivity index is 1.25. The summed E-state index contributed by atoms with van der Waals surface area (Å²) in [4.78, 5) is 3.79. The van der Waals surface area contributed by atoms with E-state index in [1.807, 2.05) is 17.8 Å². The van der Waals surface area contributed by atoms with Crippen molar-refractivity contribution >= 4 is 40.5 Å². The summed E-state index contributed by atoms with van der Waals surface area (Å²) in [6.45, 7) is 6.81. The highest BCUT2D eigenvalue weighted by atomic mass is 32.2. The Kier molecular flexibility index (Phi) is 8.30. The van der Waals surface area contributed by atoms with E-state index in [9.17, 15) is 0 Å². The van der Waals surface area contributed by atoms with Crippen molar-refractivity contribution in [1.29, 1.82) is 0 Å². The molecule has 0 aliphatic carbocycles. The average Bonchev–Trinajstić information content (AvgIpc) is 2.84. The Morgan fingerprint density at radius 3 is 2.45 bits per heavy atom. The van der Waals surface area contributed by atoms with Crippen molar-refractivity contribution in [1.82, 2.24) is 5.32 Å². The van der Waals surface area contributed by atoms with Crippen LogP contribution in [0.2, 0.25) is 0 Å². The molecule has 3 aromatic rings. The number of nitrogens with one attached hydrogen (secondary N) is 2. The fraction of sp³-hybridized carbons (Fsp3) is 0.321. The van der Waals surface area contributed by atoms with Crippen LogP contribution in [-0.2, 0) is 5.75 Å². The van der Waals surface area contributed by atoms with Crippen LogP contribution in [0.25, 0.3) is 0 Å². The van der Waals surface area contributed by atoms with Gasteiger partial charge < -0.3 is 15.5 Å². The van der Waals surface area contributed by atoms with E-state index in [4.69, 9.17) is 12.2 Å². The number of benzene rings is 3. The molecule has 1 saturated heterocycles. The maximum Gasteiger partial charge on any atom is 0.171 e. The van der Waals surface area contributed by atoms with Gasteiger partial charge in [0.2, 0.25) is 0 Å². The smallest absolute Gasteiger partial charge is 0.171 e. The zero-order valence-electron chi connectivity index (χ0n) is 19.5. The summed E-state index contributed by atoms with van der Waals surface area (Å²) >= 11 is 7.41. The SMILES string of the molecule is C[C@@H]1CCCN(c2ccc([C@H](C)NC(=S)Nc3ccc(CSc4ccccc4)cc3)cc2)C1. The zero-order chi connectivity index (χ0) is 23.0. The lowest BCUT2D eigenvalue weighted by atomic mass is 9.99. The summed E-state index contributed by atoms with van der Waals surface area (Å²) in [6, 6.07) is 28.1. The van der Waals surface area contributed by atoms with E-state index >= 15 is 0 Å². The maximum atomic E-state index is 5.57. The minimum absolute atomic E-state index is 0.140. The molecule has 0 radical (unpaired) electrons. The summed E-state index contributed by atoms with van der Waals surface area (Å²) in [7, 11) is 0. The Morgan fingerprint density at radius 2 is 1.76 bits per heavy atom. The molecule has 0 bridgehead atoms. The standard InChI is InChI=1S/C28H33N3S2/c1-21-7-6-18-31(19-21)26-16-12-24(13-17-26)22(2)29-28(32)30-25-14-10-23(11-15-25)20-33-27-8-4-3-5-9-27/h3-5,8-17,21-22H,6-7,18-20H2,1-2H3,(H2,29,30,32)/t21-,22+/m1/s1. The van der Waals surface area contributed by atoms with Gasteiger partial charge in [0.1, 0.15) is 0 Å². The highest BCUT2D eigenvalue weighted by molar-refractivity contribution is 7.98. The van der Waals surface area contributed by atoms with Crippen molar-refractivity contribution in [2.45, 2.75) is 43.4 Å². The van der Waals surface area contributed by atoms with E-state index in [0.717, 1.165) is 30.4 Å². The van der Waals surface area contributed by atoms with Crippen LogP contribution in [0.5, 0.6) is 0 Å². The fourth-order valence-electron chi connectivity index (χ4n) is 4.21. The van der Waals surface area contributed by atoms with Crippen LogP contribution in [0.1, 0.15) is 43.9 Å². The second kappa shape index (κ2) is 11.6. The summed E-state index contributed by atoms with van der Waals surface area (Å²) in [5.74, 6) is 1.73. The third-order valence-electron chi connectivity index (χ3n) is 6.12. The monoisotopic (exact) mass is 475 g/mol. The molecule has 2 N–H and O–H groups in total. The fourth-order valence-corrected chi connectivity index (χ4v) is 5.38. The van der Waals surface area contributed by atoms with Gasteiger partial charge in [0, 0.05) is 35.1 Å². The maximum absolute atomic E-state index is 5.57. The molecule has 3 aromatic carbocycles. The molecule has 2 atom stereocenters. The third-order valence-corrected chi connectivity index (χ3v) is 7.43. The molecule has 0 spiro atoms. The number of hydrogen-bond acceptors (Lipinski definition) is 3. The number of thiocarbonyl (C=S) groups is 1. The van der Waals surface area contributed by atoms with Gasteiger partial charge in [-0.3, -0.25) is 0 Å². The first kappa shape index (κ1) is 23.7. The molecule has 3 nitrogen and oxygen atoms in total. The third kappa shape index (κ3) is 6.99. The molecule has 0 aromatic heterocycles. The normalized spacial score (nSPS) is 16.8. The largest absolute Gasteiger partial charge is 0.371 e. The topological polar surface area (TPSA) is 27.3 Å². The van der Waals surface area contributed by atoms with E-state index in [0.29, 0.717) is 5.11 Å². The molecule has 0 unspecified atom stereocenters. The van der Waals surface area contributed by atoms with Gasteiger partial charge >= 0.3 is 0 Å². The first-order valence-corrected chi connectivity index (χ1v) is 13.2. The zero-order valence-corrected chi connectivity index (χ0v) is 21.1. The van der Waals surface area contributed by atoms with Crippen LogP contribution in [0, 0.1) is 5.92 Å². The molecular formula is C28H33N3S2. The van der Waals surface area contributed by atoms with E-state index in [-0.39, 0.29) is 6.04 Å². The summed E-state index contributed by atoms with van der Waals surface area (Å²) in [6.07, 6.45) is 2.63. The predicted octanol–water partition coefficient (Wildman–Crippen LogP) is 7.26. The first-order valence-electron chi connectivity index (χ1n) is 11.8. The molecule has 1 aliphatic rings. The highest BCUT2D eigenvalue weighted by Gasteiger charge is 2.17. The molecule has 0 saturated carbocycles. The Morgan fingerprint density at radius 1 is 1.03 bits per heavy atom. The minimum Gasteiger partial charge on any atom is -0.371 e. The van der Waals surface area contributed by atoms with Crippen molar-refractivity contribution in [3.05, 3.63) is 90.0 Å². The quantitative estimate of drug-likeness (QED) is 0.277. The summed E-state index contributed by atoms with van der Waals surface area (Å²) in [5, 5.41) is 7.37. The summed E-state index contributed by atoms with van der Waals surface area (Å²) in [5.41, 5.74) is 4.86. The lowest BCUT2D eigenvalue weighted by molar-refractivity contribution is 0.447. The summed E-state index contributed by atoms with van der Waals surface area (Å²) < 4.78 is 0. The number of anilines is 2. The lowest BCUT2D eigenvalue weighted by Gasteiger charge is -2.33. The Hall–Kier alpha value is -2.50. The van der Waals surface area contributed by atoms with Crippen molar-refractivity contribution in [2.24, 2.45) is 5.92 Å². The van der Waals surface area contributed by atoms with Crippen molar-refractivity contribution in [3.8, 4) is 0 Å².